The Kier molecular flexibility index (Phi) is 5.00. The van der Waals surface area contributed by atoms with Crippen molar-refractivity contribution < 1.29 is 9.59 Å². The molecule has 0 bridgehead atoms. The number of rotatable bonds is 4. The molecule has 0 atom stereocenters. The van der Waals surface area contributed by atoms with Crippen LogP contribution in [0, 0.1) is 12.8 Å². The predicted octanol–water partition coefficient (Wildman–Crippen LogP) is 3.25. The van der Waals surface area contributed by atoms with Gasteiger partial charge in [0.15, 0.2) is 0 Å². The zero-order valence-electron chi connectivity index (χ0n) is 15.7. The number of nitrogens with zero attached hydrogens (tertiary/aromatic N) is 3. The lowest BCUT2D eigenvalue weighted by Crippen LogP contribution is -2.42. The zero-order chi connectivity index (χ0) is 19.7. The summed E-state index contributed by atoms with van der Waals surface area (Å²) in [6, 6.07) is 13.8. The smallest absolute Gasteiger partial charge is 0.272 e. The molecule has 1 aliphatic rings. The number of hydrogen-bond acceptors (Lipinski definition) is 4. The maximum atomic E-state index is 13.3. The van der Waals surface area contributed by atoms with Crippen molar-refractivity contribution in [3.8, 4) is 16.3 Å². The van der Waals surface area contributed by atoms with Crippen LogP contribution in [0.5, 0.6) is 0 Å². The second-order valence-electron chi connectivity index (χ2n) is 7.11. The summed E-state index contributed by atoms with van der Waals surface area (Å²) in [6.07, 6.45) is 1.22. The number of piperidine rings is 1. The molecule has 2 N–H and O–H groups in total. The van der Waals surface area contributed by atoms with E-state index in [0.717, 1.165) is 21.8 Å². The van der Waals surface area contributed by atoms with Gasteiger partial charge in [0.2, 0.25) is 5.91 Å². The van der Waals surface area contributed by atoms with Crippen molar-refractivity contribution in [2.45, 2.75) is 19.8 Å². The molecule has 2 amide bonds. The summed E-state index contributed by atoms with van der Waals surface area (Å²) in [5, 5.41) is 6.71. The summed E-state index contributed by atoms with van der Waals surface area (Å²) in [4.78, 5) is 27.5. The molecule has 0 radical (unpaired) electrons. The molecule has 0 unspecified atom stereocenters. The minimum absolute atomic E-state index is 0.0706. The number of amides is 2. The van der Waals surface area contributed by atoms with E-state index in [1.807, 2.05) is 54.8 Å². The third-order valence-electron chi connectivity index (χ3n) is 5.17. The first-order valence-electron chi connectivity index (χ1n) is 9.32. The summed E-state index contributed by atoms with van der Waals surface area (Å²) in [7, 11) is 0. The van der Waals surface area contributed by atoms with Crippen molar-refractivity contribution in [2.24, 2.45) is 11.7 Å². The van der Waals surface area contributed by atoms with Crippen LogP contribution in [0.15, 0.2) is 47.8 Å². The molecule has 144 valence electrons. The topological polar surface area (TPSA) is 81.2 Å². The molecule has 28 heavy (non-hydrogen) atoms. The minimum atomic E-state index is -0.281. The normalized spacial score (nSPS) is 15.0. The summed E-state index contributed by atoms with van der Waals surface area (Å²) in [6.45, 7) is 3.08. The molecule has 1 saturated heterocycles. The highest BCUT2D eigenvalue weighted by atomic mass is 32.1. The van der Waals surface area contributed by atoms with Gasteiger partial charge < -0.3 is 10.6 Å². The van der Waals surface area contributed by atoms with Crippen LogP contribution < -0.4 is 5.73 Å². The lowest BCUT2D eigenvalue weighted by Gasteiger charge is -2.30. The van der Waals surface area contributed by atoms with Crippen LogP contribution in [0.1, 0.15) is 28.9 Å². The largest absolute Gasteiger partial charge is 0.369 e. The number of primary amides is 1. The van der Waals surface area contributed by atoms with Gasteiger partial charge in [-0.2, -0.15) is 5.10 Å². The average Bonchev–Trinajstić information content (AvgIpc) is 3.38. The van der Waals surface area contributed by atoms with Gasteiger partial charge in [0, 0.05) is 19.0 Å². The van der Waals surface area contributed by atoms with Crippen LogP contribution in [0.3, 0.4) is 0 Å². The number of likely N-dealkylation sites (tertiary alicyclic amines) is 1. The van der Waals surface area contributed by atoms with Crippen LogP contribution in [0.2, 0.25) is 0 Å². The fraction of sp³-hybridized carbons (Fsp3) is 0.286. The summed E-state index contributed by atoms with van der Waals surface area (Å²) in [5.74, 6) is -0.497. The summed E-state index contributed by atoms with van der Waals surface area (Å²) < 4.78 is 1.72. The van der Waals surface area contributed by atoms with Crippen LogP contribution in [-0.4, -0.2) is 39.6 Å². The first kappa shape index (κ1) is 18.4. The third kappa shape index (κ3) is 3.57. The highest BCUT2D eigenvalue weighted by molar-refractivity contribution is 7.13. The van der Waals surface area contributed by atoms with Crippen molar-refractivity contribution in [3.05, 3.63) is 59.1 Å². The Balaban J connectivity index is 1.68. The number of aryl methyl sites for hydroxylation is 1. The monoisotopic (exact) mass is 394 g/mol. The van der Waals surface area contributed by atoms with Crippen molar-refractivity contribution >= 4 is 23.2 Å². The van der Waals surface area contributed by atoms with Gasteiger partial charge in [-0.05, 0) is 49.4 Å². The number of benzene rings is 1. The molecule has 1 fully saturated rings. The number of hydrogen-bond donors (Lipinski definition) is 1. The third-order valence-corrected chi connectivity index (χ3v) is 6.06. The van der Waals surface area contributed by atoms with Crippen molar-refractivity contribution in [2.75, 3.05) is 13.1 Å². The van der Waals surface area contributed by atoms with E-state index in [4.69, 9.17) is 10.8 Å². The Hall–Kier alpha value is -2.93. The zero-order valence-corrected chi connectivity index (χ0v) is 16.5. The molecular weight excluding hydrogens is 372 g/mol. The van der Waals surface area contributed by atoms with E-state index < -0.39 is 0 Å². The molecule has 3 heterocycles. The highest BCUT2D eigenvalue weighted by Crippen LogP contribution is 2.27. The van der Waals surface area contributed by atoms with Crippen LogP contribution >= 0.6 is 11.3 Å². The fourth-order valence-corrected chi connectivity index (χ4v) is 4.17. The van der Waals surface area contributed by atoms with Gasteiger partial charge in [-0.3, -0.25) is 9.59 Å². The van der Waals surface area contributed by atoms with E-state index in [0.29, 0.717) is 31.6 Å². The first-order valence-corrected chi connectivity index (χ1v) is 10.2. The van der Waals surface area contributed by atoms with E-state index in [-0.39, 0.29) is 17.7 Å². The minimum Gasteiger partial charge on any atom is -0.369 e. The van der Waals surface area contributed by atoms with Crippen molar-refractivity contribution in [1.29, 1.82) is 0 Å². The number of aromatic nitrogens is 2. The first-order chi connectivity index (χ1) is 13.5. The van der Waals surface area contributed by atoms with E-state index in [1.54, 1.807) is 20.9 Å². The van der Waals surface area contributed by atoms with Gasteiger partial charge in [0.1, 0.15) is 11.4 Å². The van der Waals surface area contributed by atoms with Crippen LogP contribution in [0.25, 0.3) is 16.3 Å². The van der Waals surface area contributed by atoms with E-state index in [9.17, 15) is 9.59 Å². The van der Waals surface area contributed by atoms with Gasteiger partial charge in [0.25, 0.3) is 5.91 Å². The Morgan fingerprint density at radius 3 is 2.46 bits per heavy atom. The van der Waals surface area contributed by atoms with Gasteiger partial charge in [-0.1, -0.05) is 23.8 Å². The lowest BCUT2D eigenvalue weighted by molar-refractivity contribution is -0.123. The van der Waals surface area contributed by atoms with E-state index in [2.05, 4.69) is 0 Å². The Morgan fingerprint density at radius 1 is 1.14 bits per heavy atom. The molecule has 7 heteroatoms. The standard InChI is InChI=1S/C21H22N4O2S/c1-14-4-6-16(7-5-14)25-18(13-17(23-25)19-3-2-12-28-19)21(27)24-10-8-15(9-11-24)20(22)26/h2-7,12-13,15H,8-11H2,1H3,(H2,22,26). The lowest BCUT2D eigenvalue weighted by atomic mass is 9.96. The molecule has 2 aromatic heterocycles. The summed E-state index contributed by atoms with van der Waals surface area (Å²) in [5.41, 5.74) is 8.73. The fourth-order valence-electron chi connectivity index (χ4n) is 3.49. The second kappa shape index (κ2) is 7.59. The number of thiophene rings is 1. The molecule has 0 aliphatic carbocycles. The van der Waals surface area contributed by atoms with Gasteiger partial charge in [-0.25, -0.2) is 4.68 Å². The quantitative estimate of drug-likeness (QED) is 0.737. The second-order valence-corrected chi connectivity index (χ2v) is 8.06. The summed E-state index contributed by atoms with van der Waals surface area (Å²) >= 11 is 1.59. The maximum Gasteiger partial charge on any atom is 0.272 e. The maximum absolute atomic E-state index is 13.3. The Bertz CT molecular complexity index is 984. The number of nitrogens with two attached hydrogens (primary N) is 1. The van der Waals surface area contributed by atoms with E-state index >= 15 is 0 Å². The molecule has 6 nitrogen and oxygen atoms in total. The van der Waals surface area contributed by atoms with E-state index in [1.165, 1.54) is 0 Å². The Labute approximate surface area is 167 Å². The molecule has 1 aromatic carbocycles. The predicted molar refractivity (Wildman–Crippen MR) is 109 cm³/mol. The van der Waals surface area contributed by atoms with Crippen LogP contribution in [0.4, 0.5) is 0 Å². The molecule has 0 saturated carbocycles. The van der Waals surface area contributed by atoms with Crippen molar-refractivity contribution in [3.63, 3.8) is 0 Å². The van der Waals surface area contributed by atoms with Gasteiger partial charge >= 0.3 is 0 Å². The molecule has 0 spiro atoms. The number of carbonyl (C=O) groups is 2. The highest BCUT2D eigenvalue weighted by Gasteiger charge is 2.29. The number of carbonyl (C=O) groups excluding carboxylic acids is 2. The molecular formula is C21H22N4O2S. The van der Waals surface area contributed by atoms with Crippen LogP contribution in [-0.2, 0) is 4.79 Å². The molecule has 1 aliphatic heterocycles. The average molecular weight is 395 g/mol. The van der Waals surface area contributed by atoms with Crippen molar-refractivity contribution in [1.82, 2.24) is 14.7 Å². The molecule has 3 aromatic rings. The van der Waals surface area contributed by atoms with Gasteiger partial charge in [-0.15, -0.1) is 11.3 Å². The SMILES string of the molecule is Cc1ccc(-n2nc(-c3cccs3)cc2C(=O)N2CCC(C(N)=O)CC2)cc1. The van der Waals surface area contributed by atoms with Gasteiger partial charge in [0.05, 0.1) is 10.6 Å². The Morgan fingerprint density at radius 2 is 1.86 bits per heavy atom. The molecule has 4 rings (SSSR count).